The molecular weight excluding hydrogens is 401 g/mol. The summed E-state index contributed by atoms with van der Waals surface area (Å²) in [6.07, 6.45) is 1.76. The molecule has 0 bridgehead atoms. The Morgan fingerprint density at radius 2 is 1.80 bits per heavy atom. The van der Waals surface area contributed by atoms with Crippen LogP contribution in [0.15, 0.2) is 66.3 Å². The fourth-order valence-electron chi connectivity index (χ4n) is 2.94. The zero-order valence-electron chi connectivity index (χ0n) is 16.5. The van der Waals surface area contributed by atoms with E-state index >= 15 is 0 Å². The molecule has 0 fully saturated rings. The molecule has 2 heterocycles. The Labute approximate surface area is 177 Å². The minimum absolute atomic E-state index is 0.108. The zero-order valence-corrected chi connectivity index (χ0v) is 17.3. The number of allylic oxidation sites excluding steroid dienone is 1. The highest BCUT2D eigenvalue weighted by molar-refractivity contribution is 7.98. The summed E-state index contributed by atoms with van der Waals surface area (Å²) in [5.41, 5.74) is 3.53. The first kappa shape index (κ1) is 20.0. The van der Waals surface area contributed by atoms with Gasteiger partial charge in [0.15, 0.2) is 22.5 Å². The molecule has 2 aromatic heterocycles. The number of para-hydroxylation sites is 3. The standard InChI is InChI=1S/C22H20FN5OS/c1-3-12-28-21(13-29-20-11-7-4-8-16(20)23)26-27-22(28)30-14-19-15(2)24-17-9-5-6-10-18(17)25-19/h3-11H,1,12-14H2,2H3. The van der Waals surface area contributed by atoms with Gasteiger partial charge in [0.1, 0.15) is 6.61 Å². The number of hydrogen-bond donors (Lipinski definition) is 0. The van der Waals surface area contributed by atoms with Crippen LogP contribution in [-0.2, 0) is 18.9 Å². The molecule has 0 aliphatic heterocycles. The predicted octanol–water partition coefficient (Wildman–Crippen LogP) is 4.73. The zero-order chi connectivity index (χ0) is 20.9. The summed E-state index contributed by atoms with van der Waals surface area (Å²) >= 11 is 1.52. The normalized spacial score (nSPS) is 11.0. The maximum absolute atomic E-state index is 13.8. The number of thioether (sulfide) groups is 1. The Bertz CT molecular complexity index is 1190. The van der Waals surface area contributed by atoms with Gasteiger partial charge in [0.2, 0.25) is 0 Å². The SMILES string of the molecule is C=CCn1c(COc2ccccc2F)nnc1SCc1nc2ccccc2nc1C. The molecule has 0 amide bonds. The van der Waals surface area contributed by atoms with E-state index in [0.717, 1.165) is 27.6 Å². The van der Waals surface area contributed by atoms with Crippen LogP contribution in [0.25, 0.3) is 11.0 Å². The summed E-state index contributed by atoms with van der Waals surface area (Å²) in [6.45, 7) is 6.39. The van der Waals surface area contributed by atoms with Crippen LogP contribution < -0.4 is 4.74 Å². The van der Waals surface area contributed by atoms with Crippen LogP contribution in [0, 0.1) is 12.7 Å². The van der Waals surface area contributed by atoms with Crippen molar-refractivity contribution in [1.29, 1.82) is 0 Å². The minimum atomic E-state index is -0.410. The number of aryl methyl sites for hydroxylation is 1. The van der Waals surface area contributed by atoms with Crippen molar-refractivity contribution < 1.29 is 9.13 Å². The molecule has 0 saturated heterocycles. The van der Waals surface area contributed by atoms with E-state index in [1.165, 1.54) is 17.8 Å². The van der Waals surface area contributed by atoms with E-state index in [4.69, 9.17) is 9.72 Å². The number of halogens is 1. The Kier molecular flexibility index (Phi) is 6.04. The molecule has 2 aromatic carbocycles. The third-order valence-corrected chi connectivity index (χ3v) is 5.46. The first-order chi connectivity index (χ1) is 14.7. The number of rotatable bonds is 8. The van der Waals surface area contributed by atoms with Crippen LogP contribution in [0.4, 0.5) is 4.39 Å². The van der Waals surface area contributed by atoms with Gasteiger partial charge in [-0.1, -0.05) is 42.1 Å². The van der Waals surface area contributed by atoms with E-state index in [0.29, 0.717) is 18.1 Å². The average molecular weight is 422 g/mol. The van der Waals surface area contributed by atoms with Crippen LogP contribution >= 0.6 is 11.8 Å². The van der Waals surface area contributed by atoms with Gasteiger partial charge < -0.3 is 4.74 Å². The summed E-state index contributed by atoms with van der Waals surface area (Å²) in [6, 6.07) is 14.1. The Balaban J connectivity index is 1.51. The number of hydrogen-bond acceptors (Lipinski definition) is 6. The molecule has 0 radical (unpaired) electrons. The van der Waals surface area contributed by atoms with Crippen LogP contribution in [-0.4, -0.2) is 24.7 Å². The average Bonchev–Trinajstić information content (AvgIpc) is 3.13. The van der Waals surface area contributed by atoms with Crippen molar-refractivity contribution in [3.63, 3.8) is 0 Å². The summed E-state index contributed by atoms with van der Waals surface area (Å²) in [5.74, 6) is 0.976. The first-order valence-electron chi connectivity index (χ1n) is 9.41. The fraction of sp³-hybridized carbons (Fsp3) is 0.182. The molecule has 6 nitrogen and oxygen atoms in total. The topological polar surface area (TPSA) is 65.7 Å². The second kappa shape index (κ2) is 9.04. The van der Waals surface area contributed by atoms with Crippen molar-refractivity contribution in [3.8, 4) is 5.75 Å². The van der Waals surface area contributed by atoms with E-state index in [2.05, 4.69) is 21.8 Å². The number of aromatic nitrogens is 5. The maximum atomic E-state index is 13.8. The van der Waals surface area contributed by atoms with Gasteiger partial charge in [-0.15, -0.1) is 16.8 Å². The Hall–Kier alpha value is -3.26. The van der Waals surface area contributed by atoms with E-state index in [1.54, 1.807) is 24.3 Å². The quantitative estimate of drug-likeness (QED) is 0.303. The summed E-state index contributed by atoms with van der Waals surface area (Å²) in [5, 5.41) is 9.23. The van der Waals surface area contributed by atoms with Gasteiger partial charge in [-0.3, -0.25) is 4.57 Å². The smallest absolute Gasteiger partial charge is 0.191 e. The molecule has 0 aliphatic carbocycles. The van der Waals surface area contributed by atoms with Crippen LogP contribution in [0.5, 0.6) is 5.75 Å². The molecule has 0 atom stereocenters. The Morgan fingerprint density at radius 1 is 1.07 bits per heavy atom. The van der Waals surface area contributed by atoms with Gasteiger partial charge in [-0.2, -0.15) is 0 Å². The number of fused-ring (bicyclic) bond motifs is 1. The van der Waals surface area contributed by atoms with Gasteiger partial charge in [0.05, 0.1) is 22.4 Å². The van der Waals surface area contributed by atoms with Crippen molar-refractivity contribution in [2.75, 3.05) is 0 Å². The molecule has 8 heteroatoms. The molecule has 152 valence electrons. The van der Waals surface area contributed by atoms with E-state index in [9.17, 15) is 4.39 Å². The van der Waals surface area contributed by atoms with Crippen LogP contribution in [0.2, 0.25) is 0 Å². The maximum Gasteiger partial charge on any atom is 0.191 e. The van der Waals surface area contributed by atoms with Crippen molar-refractivity contribution in [3.05, 3.63) is 84.2 Å². The number of ether oxygens (including phenoxy) is 1. The van der Waals surface area contributed by atoms with Crippen molar-refractivity contribution >= 4 is 22.8 Å². The molecule has 4 rings (SSSR count). The monoisotopic (exact) mass is 421 g/mol. The van der Waals surface area contributed by atoms with E-state index in [1.807, 2.05) is 35.8 Å². The molecule has 0 saturated carbocycles. The largest absolute Gasteiger partial charge is 0.483 e. The van der Waals surface area contributed by atoms with E-state index < -0.39 is 5.82 Å². The minimum Gasteiger partial charge on any atom is -0.483 e. The van der Waals surface area contributed by atoms with E-state index in [-0.39, 0.29) is 12.4 Å². The number of nitrogens with zero attached hydrogens (tertiary/aromatic N) is 5. The van der Waals surface area contributed by atoms with Crippen molar-refractivity contribution in [1.82, 2.24) is 24.7 Å². The molecule has 30 heavy (non-hydrogen) atoms. The Morgan fingerprint density at radius 3 is 2.57 bits per heavy atom. The van der Waals surface area contributed by atoms with Gasteiger partial charge in [-0.25, -0.2) is 14.4 Å². The van der Waals surface area contributed by atoms with Gasteiger partial charge in [0.25, 0.3) is 0 Å². The fourth-order valence-corrected chi connectivity index (χ4v) is 3.92. The highest BCUT2D eigenvalue weighted by Crippen LogP contribution is 2.24. The second-order valence-corrected chi connectivity index (χ2v) is 7.49. The van der Waals surface area contributed by atoms with Crippen molar-refractivity contribution in [2.45, 2.75) is 31.0 Å². The lowest BCUT2D eigenvalue weighted by molar-refractivity contribution is 0.275. The van der Waals surface area contributed by atoms with Crippen LogP contribution in [0.3, 0.4) is 0 Å². The lowest BCUT2D eigenvalue weighted by Gasteiger charge is -2.10. The summed E-state index contributed by atoms with van der Waals surface area (Å²) in [7, 11) is 0. The van der Waals surface area contributed by atoms with Crippen LogP contribution in [0.1, 0.15) is 17.2 Å². The molecule has 0 N–H and O–H groups in total. The second-order valence-electron chi connectivity index (χ2n) is 6.55. The highest BCUT2D eigenvalue weighted by Gasteiger charge is 2.15. The molecule has 0 aliphatic rings. The predicted molar refractivity (Wildman–Crippen MR) is 115 cm³/mol. The van der Waals surface area contributed by atoms with Gasteiger partial charge in [0, 0.05) is 12.3 Å². The van der Waals surface area contributed by atoms with Gasteiger partial charge >= 0.3 is 0 Å². The molecule has 4 aromatic rings. The lowest BCUT2D eigenvalue weighted by Crippen LogP contribution is -2.08. The third-order valence-electron chi connectivity index (χ3n) is 4.48. The highest BCUT2D eigenvalue weighted by atomic mass is 32.2. The summed E-state index contributed by atoms with van der Waals surface area (Å²) in [4.78, 5) is 9.36. The van der Waals surface area contributed by atoms with Crippen molar-refractivity contribution in [2.24, 2.45) is 0 Å². The lowest BCUT2D eigenvalue weighted by atomic mass is 10.2. The van der Waals surface area contributed by atoms with Gasteiger partial charge in [-0.05, 0) is 31.2 Å². The molecular formula is C22H20FN5OS. The first-order valence-corrected chi connectivity index (χ1v) is 10.4. The molecule has 0 unspecified atom stereocenters. The summed E-state index contributed by atoms with van der Waals surface area (Å²) < 4.78 is 21.3. The molecule has 0 spiro atoms. The third kappa shape index (κ3) is 4.33. The number of benzene rings is 2.